The highest BCUT2D eigenvalue weighted by Gasteiger charge is 2.46. The summed E-state index contributed by atoms with van der Waals surface area (Å²) >= 11 is 0. The standard InChI is InChI=1S/C58H43N/c1-57(2)51-30-16-12-28-47(51)49-37-35-44(39-53(49)57)59(55-32-18-14-26-45(55)40-20-6-3-7-21-40)56-33-19-15-27-46(56)41-34-36-50-48-29-13-17-31-52(48)58(54(50)38-41,42-22-8-4-9-23-42)43-24-10-5-11-25-43/h3-39H,1-2H3/i14D,15D,18D,19D,26D,27D,32D,33D. The minimum absolute atomic E-state index is 0.0574. The van der Waals surface area contributed by atoms with Gasteiger partial charge in [-0.05, 0) is 97.0 Å². The highest BCUT2D eigenvalue weighted by atomic mass is 15.1. The molecule has 0 aliphatic heterocycles. The van der Waals surface area contributed by atoms with Crippen molar-refractivity contribution >= 4 is 17.1 Å². The molecule has 1 heteroatoms. The monoisotopic (exact) mass is 761 g/mol. The van der Waals surface area contributed by atoms with Crippen molar-refractivity contribution in [2.75, 3.05) is 4.90 Å². The normalized spacial score (nSPS) is 15.8. The molecule has 1 nitrogen and oxygen atoms in total. The molecule has 9 aromatic carbocycles. The summed E-state index contributed by atoms with van der Waals surface area (Å²) < 4.78 is 75.7. The van der Waals surface area contributed by atoms with E-state index in [9.17, 15) is 8.22 Å². The third-order valence-electron chi connectivity index (χ3n) is 12.4. The van der Waals surface area contributed by atoms with Crippen LogP contribution in [0.3, 0.4) is 0 Å². The molecular formula is C58H43N. The van der Waals surface area contributed by atoms with E-state index < -0.39 is 35.0 Å². The third-order valence-corrected chi connectivity index (χ3v) is 12.4. The lowest BCUT2D eigenvalue weighted by molar-refractivity contribution is 0.660. The molecule has 0 fully saturated rings. The molecule has 9 aromatic rings. The molecule has 0 saturated heterocycles. The fourth-order valence-corrected chi connectivity index (χ4v) is 9.77. The fraction of sp³-hybridized carbons (Fsp3) is 0.0690. The zero-order valence-corrected chi connectivity index (χ0v) is 32.7. The summed E-state index contributed by atoms with van der Waals surface area (Å²) in [5.74, 6) is 0. The smallest absolute Gasteiger partial charge is 0.0713 e. The maximum absolute atomic E-state index is 9.96. The van der Waals surface area contributed by atoms with E-state index in [-0.39, 0.29) is 46.7 Å². The quantitative estimate of drug-likeness (QED) is 0.156. The lowest BCUT2D eigenvalue weighted by Crippen LogP contribution is -2.28. The van der Waals surface area contributed by atoms with Crippen LogP contribution in [0.25, 0.3) is 44.5 Å². The van der Waals surface area contributed by atoms with Crippen molar-refractivity contribution in [1.29, 1.82) is 0 Å². The summed E-state index contributed by atoms with van der Waals surface area (Å²) in [5, 5.41) is 0. The number of anilines is 3. The molecule has 0 saturated carbocycles. The van der Waals surface area contributed by atoms with Crippen LogP contribution in [-0.2, 0) is 10.8 Å². The van der Waals surface area contributed by atoms with Crippen LogP contribution in [0.5, 0.6) is 0 Å². The first-order valence-electron chi connectivity index (χ1n) is 24.0. The summed E-state index contributed by atoms with van der Waals surface area (Å²) in [6.07, 6.45) is 0. The Hall–Kier alpha value is -7.22. The van der Waals surface area contributed by atoms with Crippen molar-refractivity contribution in [3.8, 4) is 44.5 Å². The first-order valence-corrected chi connectivity index (χ1v) is 20.0. The van der Waals surface area contributed by atoms with Gasteiger partial charge in [-0.1, -0.05) is 208 Å². The van der Waals surface area contributed by atoms with Crippen LogP contribution in [-0.4, -0.2) is 0 Å². The number of hydrogen-bond acceptors (Lipinski definition) is 1. The number of benzene rings is 9. The van der Waals surface area contributed by atoms with E-state index in [1.165, 1.54) is 0 Å². The summed E-state index contributed by atoms with van der Waals surface area (Å²) in [4.78, 5) is 1.66. The number of rotatable bonds is 7. The van der Waals surface area contributed by atoms with Gasteiger partial charge in [-0.15, -0.1) is 0 Å². The van der Waals surface area contributed by atoms with Gasteiger partial charge in [-0.3, -0.25) is 0 Å². The van der Waals surface area contributed by atoms with E-state index in [4.69, 9.17) is 2.74 Å². The maximum Gasteiger partial charge on any atom is 0.0713 e. The van der Waals surface area contributed by atoms with Gasteiger partial charge in [0.1, 0.15) is 0 Å². The van der Waals surface area contributed by atoms with Crippen LogP contribution in [0.2, 0.25) is 0 Å². The first kappa shape index (κ1) is 27.4. The SMILES string of the molecule is [2H]c1c([2H])c([2H])c(N(c2ccc3c(c2)C(C)(C)c2ccccc2-3)c2c([2H])c([2H])c([2H])c([2H])c2-c2ccc3c(c2)C(c2ccccc2)(c2ccccc2)c2ccccc2-3)c(-c2ccccc2)c1[2H]. The lowest BCUT2D eigenvalue weighted by atomic mass is 9.67. The largest absolute Gasteiger partial charge is 0.309 e. The fourth-order valence-electron chi connectivity index (χ4n) is 9.77. The summed E-state index contributed by atoms with van der Waals surface area (Å²) in [7, 11) is 0. The minimum atomic E-state index is -0.810. The average molecular weight is 762 g/mol. The average Bonchev–Trinajstić information content (AvgIpc) is 3.79. The minimum Gasteiger partial charge on any atom is -0.309 e. The van der Waals surface area contributed by atoms with Crippen molar-refractivity contribution in [3.05, 3.63) is 258 Å². The number of hydrogen-bond donors (Lipinski definition) is 0. The molecule has 0 spiro atoms. The Balaban J connectivity index is 1.27. The van der Waals surface area contributed by atoms with Crippen molar-refractivity contribution in [2.24, 2.45) is 0 Å². The Kier molecular flexibility index (Phi) is 6.38. The topological polar surface area (TPSA) is 3.24 Å². The zero-order valence-electron chi connectivity index (χ0n) is 40.7. The molecule has 0 radical (unpaired) electrons. The van der Waals surface area contributed by atoms with Crippen molar-refractivity contribution in [3.63, 3.8) is 0 Å². The first-order chi connectivity index (χ1) is 32.4. The summed E-state index contributed by atoms with van der Waals surface area (Å²) in [6, 6.07) is 55.3. The van der Waals surface area contributed by atoms with Gasteiger partial charge in [0.25, 0.3) is 0 Å². The molecule has 0 atom stereocenters. The van der Waals surface area contributed by atoms with Crippen LogP contribution < -0.4 is 4.90 Å². The molecule has 0 heterocycles. The number of nitrogens with zero attached hydrogens (tertiary/aromatic N) is 1. The van der Waals surface area contributed by atoms with Crippen LogP contribution >= 0.6 is 0 Å². The summed E-state index contributed by atoms with van der Waals surface area (Å²) in [6.45, 7) is 4.31. The van der Waals surface area contributed by atoms with E-state index in [2.05, 4.69) is 74.5 Å². The van der Waals surface area contributed by atoms with Crippen LogP contribution in [0.15, 0.2) is 224 Å². The molecule has 2 aliphatic carbocycles. The van der Waals surface area contributed by atoms with Gasteiger partial charge in [0.15, 0.2) is 0 Å². The van der Waals surface area contributed by atoms with Crippen LogP contribution in [0.1, 0.15) is 58.2 Å². The molecular weight excluding hydrogens is 711 g/mol. The van der Waals surface area contributed by atoms with Crippen LogP contribution in [0, 0.1) is 0 Å². The number of para-hydroxylation sites is 2. The Labute approximate surface area is 358 Å². The van der Waals surface area contributed by atoms with Crippen molar-refractivity contribution < 1.29 is 11.0 Å². The van der Waals surface area contributed by atoms with E-state index in [0.717, 1.165) is 55.6 Å². The molecule has 0 unspecified atom stereocenters. The summed E-state index contributed by atoms with van der Waals surface area (Å²) in [5.41, 5.74) is 11.1. The Bertz CT molecular complexity index is 3440. The van der Waals surface area contributed by atoms with Gasteiger partial charge in [-0.2, -0.15) is 0 Å². The van der Waals surface area contributed by atoms with E-state index in [0.29, 0.717) is 16.8 Å². The number of fused-ring (bicyclic) bond motifs is 6. The molecule has 0 N–H and O–H groups in total. The van der Waals surface area contributed by atoms with Gasteiger partial charge in [-0.25, -0.2) is 0 Å². The Morgan fingerprint density at radius 1 is 0.373 bits per heavy atom. The second-order valence-electron chi connectivity index (χ2n) is 15.8. The van der Waals surface area contributed by atoms with E-state index in [1.807, 2.05) is 103 Å². The predicted octanol–water partition coefficient (Wildman–Crippen LogP) is 15.2. The molecule has 59 heavy (non-hydrogen) atoms. The molecule has 2 aliphatic rings. The molecule has 11 rings (SSSR count). The third kappa shape index (κ3) is 5.31. The highest BCUT2D eigenvalue weighted by Crippen LogP contribution is 2.58. The van der Waals surface area contributed by atoms with Crippen LogP contribution in [0.4, 0.5) is 17.1 Å². The second-order valence-corrected chi connectivity index (χ2v) is 15.8. The Morgan fingerprint density at radius 3 is 1.49 bits per heavy atom. The van der Waals surface area contributed by atoms with Gasteiger partial charge in [0.2, 0.25) is 0 Å². The molecule has 0 aromatic heterocycles. The van der Waals surface area contributed by atoms with Crippen molar-refractivity contribution in [2.45, 2.75) is 24.7 Å². The molecule has 280 valence electrons. The van der Waals surface area contributed by atoms with E-state index >= 15 is 0 Å². The van der Waals surface area contributed by atoms with Gasteiger partial charge >= 0.3 is 0 Å². The van der Waals surface area contributed by atoms with Gasteiger partial charge in [0, 0.05) is 22.2 Å². The van der Waals surface area contributed by atoms with Gasteiger partial charge < -0.3 is 4.90 Å². The van der Waals surface area contributed by atoms with E-state index in [1.54, 1.807) is 17.0 Å². The van der Waals surface area contributed by atoms with Gasteiger partial charge in [0.05, 0.1) is 27.8 Å². The zero-order chi connectivity index (χ0) is 46.5. The van der Waals surface area contributed by atoms with Crippen molar-refractivity contribution in [1.82, 2.24) is 0 Å². The molecule has 0 amide bonds. The highest BCUT2D eigenvalue weighted by molar-refractivity contribution is 5.96. The predicted molar refractivity (Wildman–Crippen MR) is 247 cm³/mol. The lowest BCUT2D eigenvalue weighted by Gasteiger charge is -2.34. The Morgan fingerprint density at radius 2 is 0.847 bits per heavy atom. The molecule has 0 bridgehead atoms. The second kappa shape index (κ2) is 13.7. The maximum atomic E-state index is 9.96.